The number of carbonyl (C=O) groups excluding carboxylic acids is 1. The van der Waals surface area contributed by atoms with Crippen molar-refractivity contribution < 1.29 is 9.53 Å². The van der Waals surface area contributed by atoms with Gasteiger partial charge in [0, 0.05) is 12.0 Å². The number of amides is 1. The quantitative estimate of drug-likeness (QED) is 0.705. The van der Waals surface area contributed by atoms with Gasteiger partial charge in [-0.25, -0.2) is 4.79 Å². The molecular weight excluding hydrogens is 312 g/mol. The minimum Gasteiger partial charge on any atom is -0.423 e. The summed E-state index contributed by atoms with van der Waals surface area (Å²) in [4.78, 5) is 11.5. The van der Waals surface area contributed by atoms with Crippen LogP contribution in [0.5, 0.6) is 0 Å². The Balaban J connectivity index is 2.13. The molecule has 1 aliphatic rings. The summed E-state index contributed by atoms with van der Waals surface area (Å²) in [5.74, 6) is 0. The fourth-order valence-electron chi connectivity index (χ4n) is 3.58. The van der Waals surface area contributed by atoms with E-state index in [1.165, 1.54) is 0 Å². The molecule has 1 unspecified atom stereocenters. The van der Waals surface area contributed by atoms with Gasteiger partial charge in [0.05, 0.1) is 0 Å². The predicted molar refractivity (Wildman–Crippen MR) is 98.8 cm³/mol. The van der Waals surface area contributed by atoms with Crippen LogP contribution in [0.25, 0.3) is 22.4 Å². The molecule has 1 amide bonds. The van der Waals surface area contributed by atoms with Crippen molar-refractivity contribution >= 4 is 28.5 Å². The Hall–Kier alpha value is -3.11. The minimum atomic E-state index is -1.30. The maximum Gasteiger partial charge on any atom is 0.406 e. The van der Waals surface area contributed by atoms with E-state index >= 15 is 0 Å². The van der Waals surface area contributed by atoms with E-state index in [1.807, 2.05) is 72.8 Å². The molecular formula is C21H18N2O2. The highest BCUT2D eigenvalue weighted by molar-refractivity contribution is 5.96. The molecule has 4 heteroatoms. The Bertz CT molecular complexity index is 1100. The van der Waals surface area contributed by atoms with Gasteiger partial charge in [0.2, 0.25) is 0 Å². The van der Waals surface area contributed by atoms with Gasteiger partial charge in [-0.1, -0.05) is 72.8 Å². The normalized spacial score (nSPS) is 19.2. The molecule has 0 aliphatic heterocycles. The highest BCUT2D eigenvalue weighted by Crippen LogP contribution is 2.33. The number of rotatable bonds is 2. The molecule has 0 heterocycles. The van der Waals surface area contributed by atoms with Crippen molar-refractivity contribution in [1.29, 1.82) is 0 Å². The van der Waals surface area contributed by atoms with E-state index in [9.17, 15) is 4.79 Å². The molecule has 0 bridgehead atoms. The van der Waals surface area contributed by atoms with Crippen molar-refractivity contribution in [2.75, 3.05) is 0 Å². The van der Waals surface area contributed by atoms with Crippen LogP contribution in [0.4, 0.5) is 4.79 Å². The molecule has 0 radical (unpaired) electrons. The zero-order chi connectivity index (χ0) is 17.4. The first-order valence-corrected chi connectivity index (χ1v) is 8.14. The van der Waals surface area contributed by atoms with Gasteiger partial charge >= 0.3 is 6.09 Å². The van der Waals surface area contributed by atoms with Crippen LogP contribution >= 0.6 is 0 Å². The van der Waals surface area contributed by atoms with Crippen molar-refractivity contribution in [2.45, 2.75) is 12.1 Å². The first-order valence-electron chi connectivity index (χ1n) is 8.14. The lowest BCUT2D eigenvalue weighted by atomic mass is 9.84. The summed E-state index contributed by atoms with van der Waals surface area (Å²) in [5.41, 5.74) is 12.3. The molecule has 4 N–H and O–H groups in total. The number of fused-ring (bicyclic) bond motifs is 2. The number of ether oxygens (including phenoxy) is 1. The Morgan fingerprint density at radius 3 is 2.52 bits per heavy atom. The SMILES string of the molecule is NC(=O)OC1(N)CC=c2ccccc2=C1c1cccc2ccccc12. The molecule has 3 aromatic rings. The molecule has 4 rings (SSSR count). The molecule has 3 aromatic carbocycles. The fourth-order valence-corrected chi connectivity index (χ4v) is 3.58. The monoisotopic (exact) mass is 330 g/mol. The van der Waals surface area contributed by atoms with Crippen molar-refractivity contribution in [1.82, 2.24) is 0 Å². The molecule has 0 saturated carbocycles. The van der Waals surface area contributed by atoms with Crippen LogP contribution in [-0.2, 0) is 4.74 Å². The summed E-state index contributed by atoms with van der Waals surface area (Å²) >= 11 is 0. The van der Waals surface area contributed by atoms with Gasteiger partial charge in [-0.3, -0.25) is 5.73 Å². The standard InChI is InChI=1S/C21H18N2O2/c22-20(24)25-21(23)13-12-15-7-2-4-10-17(15)19(21)18-11-5-8-14-6-1-3-9-16(14)18/h1-12H,13,23H2,(H2,22,24). The van der Waals surface area contributed by atoms with Gasteiger partial charge in [0.15, 0.2) is 5.72 Å². The van der Waals surface area contributed by atoms with Gasteiger partial charge in [-0.05, 0) is 26.8 Å². The van der Waals surface area contributed by atoms with Crippen LogP contribution < -0.4 is 21.9 Å². The number of primary amides is 1. The Morgan fingerprint density at radius 1 is 0.960 bits per heavy atom. The lowest BCUT2D eigenvalue weighted by molar-refractivity contribution is 0.0690. The number of carbonyl (C=O) groups is 1. The van der Waals surface area contributed by atoms with E-state index in [2.05, 4.69) is 0 Å². The third kappa shape index (κ3) is 2.57. The van der Waals surface area contributed by atoms with E-state index in [-0.39, 0.29) is 0 Å². The smallest absolute Gasteiger partial charge is 0.406 e. The van der Waals surface area contributed by atoms with E-state index in [0.717, 1.165) is 32.3 Å². The van der Waals surface area contributed by atoms with Crippen molar-refractivity contribution in [3.05, 3.63) is 82.7 Å². The molecule has 0 saturated heterocycles. The Labute approximate surface area is 145 Å². The van der Waals surface area contributed by atoms with Crippen molar-refractivity contribution in [3.63, 3.8) is 0 Å². The zero-order valence-electron chi connectivity index (χ0n) is 13.6. The third-order valence-electron chi connectivity index (χ3n) is 4.62. The lowest BCUT2D eigenvalue weighted by Crippen LogP contribution is -2.53. The molecule has 124 valence electrons. The average molecular weight is 330 g/mol. The molecule has 1 atom stereocenters. The van der Waals surface area contributed by atoms with Gasteiger partial charge in [0.1, 0.15) is 0 Å². The van der Waals surface area contributed by atoms with E-state index in [0.29, 0.717) is 6.42 Å². The second-order valence-corrected chi connectivity index (χ2v) is 6.21. The van der Waals surface area contributed by atoms with Crippen LogP contribution in [0.1, 0.15) is 12.0 Å². The van der Waals surface area contributed by atoms with Crippen LogP contribution in [0.15, 0.2) is 66.7 Å². The summed E-state index contributed by atoms with van der Waals surface area (Å²) in [5, 5.41) is 4.17. The number of benzene rings is 3. The molecule has 0 spiro atoms. The molecule has 4 nitrogen and oxygen atoms in total. The maximum atomic E-state index is 11.5. The van der Waals surface area contributed by atoms with Crippen LogP contribution in [0.2, 0.25) is 0 Å². The largest absolute Gasteiger partial charge is 0.423 e. The van der Waals surface area contributed by atoms with Crippen molar-refractivity contribution in [2.24, 2.45) is 11.5 Å². The second-order valence-electron chi connectivity index (χ2n) is 6.21. The topological polar surface area (TPSA) is 78.3 Å². The third-order valence-corrected chi connectivity index (χ3v) is 4.62. The summed E-state index contributed by atoms with van der Waals surface area (Å²) in [7, 11) is 0. The lowest BCUT2D eigenvalue weighted by Gasteiger charge is -2.33. The average Bonchev–Trinajstić information content (AvgIpc) is 2.61. The Morgan fingerprint density at radius 2 is 1.68 bits per heavy atom. The van der Waals surface area contributed by atoms with Gasteiger partial charge < -0.3 is 10.5 Å². The van der Waals surface area contributed by atoms with Gasteiger partial charge in [0.25, 0.3) is 0 Å². The van der Waals surface area contributed by atoms with Crippen LogP contribution in [0, 0.1) is 0 Å². The Kier molecular flexibility index (Phi) is 3.55. The molecule has 0 aromatic heterocycles. The van der Waals surface area contributed by atoms with E-state index < -0.39 is 11.8 Å². The van der Waals surface area contributed by atoms with Crippen molar-refractivity contribution in [3.8, 4) is 0 Å². The first kappa shape index (κ1) is 15.4. The first-order chi connectivity index (χ1) is 12.1. The fraction of sp³-hybridized carbons (Fsp3) is 0.0952. The summed E-state index contributed by atoms with van der Waals surface area (Å²) in [6.07, 6.45) is 1.46. The summed E-state index contributed by atoms with van der Waals surface area (Å²) in [6.45, 7) is 0. The van der Waals surface area contributed by atoms with Crippen LogP contribution in [-0.4, -0.2) is 11.8 Å². The molecule has 25 heavy (non-hydrogen) atoms. The van der Waals surface area contributed by atoms with Gasteiger partial charge in [-0.15, -0.1) is 0 Å². The van der Waals surface area contributed by atoms with Crippen LogP contribution in [0.3, 0.4) is 0 Å². The molecule has 1 aliphatic carbocycles. The number of hydrogen-bond acceptors (Lipinski definition) is 3. The molecule has 0 fully saturated rings. The number of hydrogen-bond donors (Lipinski definition) is 2. The second kappa shape index (κ2) is 5.76. The highest BCUT2D eigenvalue weighted by Gasteiger charge is 2.36. The van der Waals surface area contributed by atoms with E-state index in [1.54, 1.807) is 0 Å². The zero-order valence-corrected chi connectivity index (χ0v) is 13.6. The minimum absolute atomic E-state index is 0.367. The number of nitrogens with two attached hydrogens (primary N) is 2. The van der Waals surface area contributed by atoms with Gasteiger partial charge in [-0.2, -0.15) is 0 Å². The van der Waals surface area contributed by atoms with E-state index in [4.69, 9.17) is 16.2 Å². The summed E-state index contributed by atoms with van der Waals surface area (Å²) in [6, 6.07) is 22.1. The summed E-state index contributed by atoms with van der Waals surface area (Å²) < 4.78 is 5.40. The maximum absolute atomic E-state index is 11.5. The highest BCUT2D eigenvalue weighted by atomic mass is 16.6. The predicted octanol–water partition coefficient (Wildman–Crippen LogP) is 1.97.